The summed E-state index contributed by atoms with van der Waals surface area (Å²) in [5.74, 6) is -0.342. The Hall–Kier alpha value is -3.21. The van der Waals surface area contributed by atoms with Crippen molar-refractivity contribution in [1.29, 1.82) is 0 Å². The quantitative estimate of drug-likeness (QED) is 0.727. The third-order valence-electron chi connectivity index (χ3n) is 3.85. The summed E-state index contributed by atoms with van der Waals surface area (Å²) in [7, 11) is 0. The Morgan fingerprint density at radius 2 is 1.76 bits per heavy atom. The van der Waals surface area contributed by atoms with Gasteiger partial charge >= 0.3 is 11.7 Å². The number of carbonyl (C=O) groups is 1. The van der Waals surface area contributed by atoms with Gasteiger partial charge in [-0.05, 0) is 35.7 Å². The first kappa shape index (κ1) is 16.6. The predicted octanol–water partition coefficient (Wildman–Crippen LogP) is 3.20. The molecule has 0 atom stereocenters. The van der Waals surface area contributed by atoms with Gasteiger partial charge in [-0.3, -0.25) is 0 Å². The maximum atomic E-state index is 12.3. The van der Waals surface area contributed by atoms with Crippen LogP contribution in [0.15, 0.2) is 65.6 Å². The Morgan fingerprint density at radius 1 is 1.04 bits per heavy atom. The number of aromatic amines is 1. The molecule has 0 aliphatic heterocycles. The number of benzene rings is 2. The molecule has 0 aliphatic carbocycles. The van der Waals surface area contributed by atoms with Gasteiger partial charge in [0.15, 0.2) is 0 Å². The summed E-state index contributed by atoms with van der Waals surface area (Å²) < 4.78 is 5.17. The summed E-state index contributed by atoms with van der Waals surface area (Å²) >= 11 is 0. The second-order valence-electron chi connectivity index (χ2n) is 5.50. The van der Waals surface area contributed by atoms with Gasteiger partial charge in [0.1, 0.15) is 0 Å². The number of nitrogens with zero attached hydrogens (tertiary/aromatic N) is 1. The molecule has 5 nitrogen and oxygen atoms in total. The molecule has 0 spiro atoms. The van der Waals surface area contributed by atoms with E-state index in [0.29, 0.717) is 18.6 Å². The Labute approximate surface area is 145 Å². The molecule has 1 heterocycles. The van der Waals surface area contributed by atoms with Crippen LogP contribution in [0.4, 0.5) is 0 Å². The van der Waals surface area contributed by atoms with E-state index in [1.54, 1.807) is 19.1 Å². The van der Waals surface area contributed by atoms with Crippen molar-refractivity contribution >= 4 is 5.97 Å². The van der Waals surface area contributed by atoms with Crippen molar-refractivity contribution in [1.82, 2.24) is 9.97 Å². The number of nitrogens with one attached hydrogen (secondary N) is 1. The number of rotatable bonds is 5. The Morgan fingerprint density at radius 3 is 2.52 bits per heavy atom. The van der Waals surface area contributed by atoms with Crippen LogP contribution in [0.25, 0.3) is 11.1 Å². The predicted molar refractivity (Wildman–Crippen MR) is 95.5 cm³/mol. The highest BCUT2D eigenvalue weighted by atomic mass is 16.5. The number of ether oxygens (including phenoxy) is 1. The van der Waals surface area contributed by atoms with Crippen LogP contribution in [0.2, 0.25) is 0 Å². The van der Waals surface area contributed by atoms with Gasteiger partial charge in [-0.1, -0.05) is 42.5 Å². The van der Waals surface area contributed by atoms with Crippen LogP contribution in [0.3, 0.4) is 0 Å². The first-order valence-electron chi connectivity index (χ1n) is 8.07. The number of aromatic nitrogens is 2. The van der Waals surface area contributed by atoms with Crippen molar-refractivity contribution in [3.63, 3.8) is 0 Å². The van der Waals surface area contributed by atoms with E-state index in [-0.39, 0.29) is 11.7 Å². The van der Waals surface area contributed by atoms with Crippen molar-refractivity contribution in [2.45, 2.75) is 13.3 Å². The van der Waals surface area contributed by atoms with Crippen LogP contribution >= 0.6 is 0 Å². The third-order valence-corrected chi connectivity index (χ3v) is 3.85. The maximum Gasteiger partial charge on any atom is 0.345 e. The fourth-order valence-electron chi connectivity index (χ4n) is 2.76. The largest absolute Gasteiger partial charge is 0.462 e. The molecular formula is C20H18N2O3. The fraction of sp³-hybridized carbons (Fsp3) is 0.150. The molecule has 0 aliphatic rings. The molecular weight excluding hydrogens is 316 g/mol. The van der Waals surface area contributed by atoms with Crippen LogP contribution < -0.4 is 5.69 Å². The van der Waals surface area contributed by atoms with Crippen molar-refractivity contribution in [3.05, 3.63) is 88.1 Å². The van der Waals surface area contributed by atoms with Gasteiger partial charge in [-0.15, -0.1) is 0 Å². The number of H-pyrrole nitrogens is 1. The molecule has 0 fully saturated rings. The molecule has 5 heteroatoms. The van der Waals surface area contributed by atoms with Crippen molar-refractivity contribution in [2.24, 2.45) is 0 Å². The molecule has 2 aromatic carbocycles. The minimum Gasteiger partial charge on any atom is -0.462 e. The molecule has 1 aromatic heterocycles. The van der Waals surface area contributed by atoms with Crippen LogP contribution in [0.1, 0.15) is 28.5 Å². The standard InChI is InChI=1S/C20H18N2O3/c1-2-25-19(23)18-10-6-5-9-17(18)16-8-4-3-7-14(16)13-15-11-12-21-20(24)22-15/h3-12H,2,13H2,1H3,(H,21,22,24). The summed E-state index contributed by atoms with van der Waals surface area (Å²) in [6, 6.07) is 17.0. The molecule has 3 rings (SSSR count). The molecule has 0 saturated carbocycles. The van der Waals surface area contributed by atoms with Crippen LogP contribution in [-0.4, -0.2) is 22.5 Å². The highest BCUT2D eigenvalue weighted by molar-refractivity contribution is 5.97. The topological polar surface area (TPSA) is 72.0 Å². The van der Waals surface area contributed by atoms with Crippen molar-refractivity contribution in [2.75, 3.05) is 6.61 Å². The number of hydrogen-bond acceptors (Lipinski definition) is 4. The lowest BCUT2D eigenvalue weighted by molar-refractivity contribution is 0.0527. The van der Waals surface area contributed by atoms with Crippen molar-refractivity contribution in [3.8, 4) is 11.1 Å². The minimum atomic E-state index is -0.373. The van der Waals surface area contributed by atoms with Crippen LogP contribution in [-0.2, 0) is 11.2 Å². The first-order chi connectivity index (χ1) is 12.2. The maximum absolute atomic E-state index is 12.3. The second-order valence-corrected chi connectivity index (χ2v) is 5.50. The van der Waals surface area contributed by atoms with Gasteiger partial charge in [0.2, 0.25) is 0 Å². The van der Waals surface area contributed by atoms with Gasteiger partial charge < -0.3 is 9.72 Å². The average Bonchev–Trinajstić information content (AvgIpc) is 2.62. The Kier molecular flexibility index (Phi) is 5.04. The summed E-state index contributed by atoms with van der Waals surface area (Å²) in [4.78, 5) is 30.1. The zero-order chi connectivity index (χ0) is 17.6. The first-order valence-corrected chi connectivity index (χ1v) is 8.07. The number of hydrogen-bond donors (Lipinski definition) is 1. The van der Waals surface area contributed by atoms with Crippen molar-refractivity contribution < 1.29 is 9.53 Å². The van der Waals surface area contributed by atoms with Gasteiger partial charge in [-0.25, -0.2) is 14.6 Å². The van der Waals surface area contributed by atoms with Gasteiger partial charge in [0.25, 0.3) is 0 Å². The van der Waals surface area contributed by atoms with Gasteiger partial charge in [0.05, 0.1) is 12.2 Å². The molecule has 126 valence electrons. The molecule has 0 saturated heterocycles. The Balaban J connectivity index is 2.05. The van der Waals surface area contributed by atoms with Crippen LogP contribution in [0, 0.1) is 0 Å². The molecule has 0 bridgehead atoms. The molecule has 0 unspecified atom stereocenters. The van der Waals surface area contributed by atoms with E-state index in [1.165, 1.54) is 6.20 Å². The summed E-state index contributed by atoms with van der Waals surface area (Å²) in [6.45, 7) is 2.11. The Bertz CT molecular complexity index is 947. The lowest BCUT2D eigenvalue weighted by Gasteiger charge is -2.13. The molecule has 0 amide bonds. The number of esters is 1. The SMILES string of the molecule is CCOC(=O)c1ccccc1-c1ccccc1Cc1ccnc(=O)[nH]1. The zero-order valence-electron chi connectivity index (χ0n) is 13.9. The minimum absolute atomic E-state index is 0.326. The lowest BCUT2D eigenvalue weighted by Crippen LogP contribution is -2.12. The second kappa shape index (κ2) is 7.57. The van der Waals surface area contributed by atoms with Crippen LogP contribution in [0.5, 0.6) is 0 Å². The van der Waals surface area contributed by atoms with E-state index in [1.807, 2.05) is 42.5 Å². The van der Waals surface area contributed by atoms with Gasteiger partial charge in [0, 0.05) is 18.3 Å². The normalized spacial score (nSPS) is 10.4. The van der Waals surface area contributed by atoms with E-state index in [4.69, 9.17) is 4.74 Å². The van der Waals surface area contributed by atoms with E-state index in [0.717, 1.165) is 22.4 Å². The van der Waals surface area contributed by atoms with E-state index < -0.39 is 0 Å². The molecule has 25 heavy (non-hydrogen) atoms. The lowest BCUT2D eigenvalue weighted by atomic mass is 9.93. The number of carbonyl (C=O) groups excluding carboxylic acids is 1. The summed E-state index contributed by atoms with van der Waals surface area (Å²) in [5, 5.41) is 0. The third kappa shape index (κ3) is 3.83. The molecule has 3 aromatic rings. The van der Waals surface area contributed by atoms with E-state index in [9.17, 15) is 9.59 Å². The van der Waals surface area contributed by atoms with E-state index in [2.05, 4.69) is 9.97 Å². The highest BCUT2D eigenvalue weighted by Gasteiger charge is 2.15. The molecule has 0 radical (unpaired) electrons. The smallest absolute Gasteiger partial charge is 0.345 e. The summed E-state index contributed by atoms with van der Waals surface area (Å²) in [5.41, 5.74) is 3.67. The van der Waals surface area contributed by atoms with Gasteiger partial charge in [-0.2, -0.15) is 0 Å². The monoisotopic (exact) mass is 334 g/mol. The fourth-order valence-corrected chi connectivity index (χ4v) is 2.76. The average molecular weight is 334 g/mol. The highest BCUT2D eigenvalue weighted by Crippen LogP contribution is 2.28. The zero-order valence-corrected chi connectivity index (χ0v) is 13.9. The van der Waals surface area contributed by atoms with E-state index >= 15 is 0 Å². The summed E-state index contributed by atoms with van der Waals surface area (Å²) in [6.07, 6.45) is 2.02. The molecule has 1 N–H and O–H groups in total.